The number of benzene rings is 1. The largest absolute Gasteiger partial charge is 0.398 e. The molecule has 1 heterocycles. The number of nitrogens with zero attached hydrogens (tertiary/aromatic N) is 1. The van der Waals surface area contributed by atoms with Gasteiger partial charge in [0.2, 0.25) is 0 Å². The van der Waals surface area contributed by atoms with Crippen molar-refractivity contribution in [1.82, 2.24) is 4.98 Å². The highest BCUT2D eigenvalue weighted by Crippen LogP contribution is 2.15. The molecule has 0 aliphatic heterocycles. The van der Waals surface area contributed by atoms with E-state index in [1.54, 1.807) is 6.20 Å². The van der Waals surface area contributed by atoms with Crippen molar-refractivity contribution in [2.75, 3.05) is 5.73 Å². The molecule has 0 saturated heterocycles. The second-order valence-corrected chi connectivity index (χ2v) is 4.57. The van der Waals surface area contributed by atoms with Crippen LogP contribution in [0.3, 0.4) is 0 Å². The molecular weight excluding hydrogens is 208 g/mol. The summed E-state index contributed by atoms with van der Waals surface area (Å²) in [5.74, 6) is 0. The first kappa shape index (κ1) is 11.6. The summed E-state index contributed by atoms with van der Waals surface area (Å²) >= 11 is 0. The Morgan fingerprint density at radius 1 is 1.06 bits per heavy atom. The van der Waals surface area contributed by atoms with Crippen molar-refractivity contribution in [2.45, 2.75) is 26.7 Å². The minimum atomic E-state index is 0.837. The maximum atomic E-state index is 5.90. The fourth-order valence-corrected chi connectivity index (χ4v) is 2.14. The molecule has 88 valence electrons. The van der Waals surface area contributed by atoms with Crippen molar-refractivity contribution in [3.05, 3.63) is 58.9 Å². The summed E-state index contributed by atoms with van der Waals surface area (Å²) < 4.78 is 0. The highest BCUT2D eigenvalue weighted by atomic mass is 14.7. The molecule has 0 spiro atoms. The molecule has 0 amide bonds. The van der Waals surface area contributed by atoms with E-state index < -0.39 is 0 Å². The number of rotatable bonds is 3. The molecule has 0 fully saturated rings. The molecule has 0 radical (unpaired) electrons. The third-order valence-electron chi connectivity index (χ3n) is 2.91. The first-order chi connectivity index (χ1) is 8.15. The van der Waals surface area contributed by atoms with Crippen LogP contribution in [0.4, 0.5) is 5.69 Å². The van der Waals surface area contributed by atoms with Crippen LogP contribution >= 0.6 is 0 Å². The first-order valence-electron chi connectivity index (χ1n) is 5.90. The summed E-state index contributed by atoms with van der Waals surface area (Å²) in [6.45, 7) is 4.27. The van der Waals surface area contributed by atoms with E-state index in [4.69, 9.17) is 5.73 Å². The molecule has 2 nitrogen and oxygen atoms in total. The summed E-state index contributed by atoms with van der Waals surface area (Å²) in [5.41, 5.74) is 11.9. The lowest BCUT2D eigenvalue weighted by Crippen LogP contribution is -1.98. The number of aryl methyl sites for hydroxylation is 4. The van der Waals surface area contributed by atoms with Crippen LogP contribution < -0.4 is 5.73 Å². The summed E-state index contributed by atoms with van der Waals surface area (Å²) in [4.78, 5) is 4.11. The Hall–Kier alpha value is -1.83. The fourth-order valence-electron chi connectivity index (χ4n) is 2.14. The predicted octanol–water partition coefficient (Wildman–Crippen LogP) is 3.07. The zero-order valence-electron chi connectivity index (χ0n) is 10.4. The van der Waals surface area contributed by atoms with Gasteiger partial charge in [-0.3, -0.25) is 4.98 Å². The Morgan fingerprint density at radius 2 is 1.76 bits per heavy atom. The van der Waals surface area contributed by atoms with Crippen LogP contribution in [0.1, 0.15) is 22.3 Å². The first-order valence-corrected chi connectivity index (χ1v) is 5.90. The van der Waals surface area contributed by atoms with Crippen molar-refractivity contribution < 1.29 is 0 Å². The fraction of sp³-hybridized carbons (Fsp3) is 0.267. The lowest BCUT2D eigenvalue weighted by atomic mass is 10.0. The van der Waals surface area contributed by atoms with E-state index in [0.717, 1.165) is 24.1 Å². The monoisotopic (exact) mass is 226 g/mol. The summed E-state index contributed by atoms with van der Waals surface area (Å²) in [6.07, 6.45) is 5.55. The van der Waals surface area contributed by atoms with Gasteiger partial charge in [0.1, 0.15) is 0 Å². The van der Waals surface area contributed by atoms with Crippen LogP contribution in [0.5, 0.6) is 0 Å². The van der Waals surface area contributed by atoms with Crippen molar-refractivity contribution >= 4 is 5.69 Å². The van der Waals surface area contributed by atoms with Gasteiger partial charge < -0.3 is 5.73 Å². The predicted molar refractivity (Wildman–Crippen MR) is 72.0 cm³/mol. The summed E-state index contributed by atoms with van der Waals surface area (Å²) in [5, 5.41) is 0. The van der Waals surface area contributed by atoms with Crippen LogP contribution in [0.2, 0.25) is 0 Å². The maximum absolute atomic E-state index is 5.90. The number of hydrogen-bond acceptors (Lipinski definition) is 2. The molecule has 1 aromatic carbocycles. The minimum absolute atomic E-state index is 0.837. The number of aromatic nitrogens is 1. The molecule has 0 aliphatic rings. The summed E-state index contributed by atoms with van der Waals surface area (Å²) in [6, 6.07) is 8.53. The zero-order valence-corrected chi connectivity index (χ0v) is 10.4. The van der Waals surface area contributed by atoms with E-state index in [1.807, 2.05) is 12.3 Å². The van der Waals surface area contributed by atoms with Crippen LogP contribution in [0.15, 0.2) is 36.7 Å². The molecular formula is C15H18N2. The molecule has 17 heavy (non-hydrogen) atoms. The molecule has 0 atom stereocenters. The molecule has 2 rings (SSSR count). The quantitative estimate of drug-likeness (QED) is 0.873. The molecule has 0 aliphatic carbocycles. The molecule has 1 aromatic heterocycles. The van der Waals surface area contributed by atoms with E-state index in [9.17, 15) is 0 Å². The van der Waals surface area contributed by atoms with Crippen LogP contribution in [0, 0.1) is 13.8 Å². The molecule has 0 unspecified atom stereocenters. The maximum Gasteiger partial charge on any atom is 0.0377 e. The van der Waals surface area contributed by atoms with Gasteiger partial charge in [0.05, 0.1) is 0 Å². The number of nitrogen functional groups attached to an aromatic ring is 1. The lowest BCUT2D eigenvalue weighted by molar-refractivity contribution is 0.949. The lowest BCUT2D eigenvalue weighted by Gasteiger charge is -2.06. The van der Waals surface area contributed by atoms with Crippen LogP contribution in [0.25, 0.3) is 0 Å². The van der Waals surface area contributed by atoms with Gasteiger partial charge in [-0.2, -0.15) is 0 Å². The minimum Gasteiger partial charge on any atom is -0.398 e. The van der Waals surface area contributed by atoms with Gasteiger partial charge in [0.25, 0.3) is 0 Å². The van der Waals surface area contributed by atoms with Crippen molar-refractivity contribution in [2.24, 2.45) is 0 Å². The van der Waals surface area contributed by atoms with Crippen molar-refractivity contribution in [1.29, 1.82) is 0 Å². The van der Waals surface area contributed by atoms with Gasteiger partial charge in [-0.15, -0.1) is 0 Å². The molecule has 2 aromatic rings. The Labute approximate surface area is 103 Å². The van der Waals surface area contributed by atoms with Gasteiger partial charge in [-0.05, 0) is 43.9 Å². The Balaban J connectivity index is 2.10. The molecule has 2 heteroatoms. The zero-order chi connectivity index (χ0) is 12.3. The van der Waals surface area contributed by atoms with E-state index in [0.29, 0.717) is 0 Å². The smallest absolute Gasteiger partial charge is 0.0377 e. The van der Waals surface area contributed by atoms with E-state index in [2.05, 4.69) is 37.0 Å². The van der Waals surface area contributed by atoms with E-state index in [-0.39, 0.29) is 0 Å². The van der Waals surface area contributed by atoms with Crippen LogP contribution in [-0.2, 0) is 12.8 Å². The van der Waals surface area contributed by atoms with Gasteiger partial charge >= 0.3 is 0 Å². The number of anilines is 1. The average Bonchev–Trinajstić information content (AvgIpc) is 2.27. The summed E-state index contributed by atoms with van der Waals surface area (Å²) in [7, 11) is 0. The third kappa shape index (κ3) is 3.06. The van der Waals surface area contributed by atoms with Crippen LogP contribution in [-0.4, -0.2) is 4.98 Å². The van der Waals surface area contributed by atoms with Crippen molar-refractivity contribution in [3.63, 3.8) is 0 Å². The number of pyridine rings is 1. The van der Waals surface area contributed by atoms with Gasteiger partial charge in [0, 0.05) is 18.1 Å². The SMILES string of the molecule is Cc1cc(C)cc(CCc2cnccc2N)c1. The highest BCUT2D eigenvalue weighted by molar-refractivity contribution is 5.44. The Bertz CT molecular complexity index is 498. The normalized spacial score (nSPS) is 10.5. The van der Waals surface area contributed by atoms with Gasteiger partial charge in [-0.25, -0.2) is 0 Å². The number of hydrogen-bond donors (Lipinski definition) is 1. The number of nitrogens with two attached hydrogens (primary N) is 1. The average molecular weight is 226 g/mol. The van der Waals surface area contributed by atoms with Crippen molar-refractivity contribution in [3.8, 4) is 0 Å². The van der Waals surface area contributed by atoms with E-state index >= 15 is 0 Å². The third-order valence-corrected chi connectivity index (χ3v) is 2.91. The molecule has 2 N–H and O–H groups in total. The topological polar surface area (TPSA) is 38.9 Å². The van der Waals surface area contributed by atoms with E-state index in [1.165, 1.54) is 16.7 Å². The Kier molecular flexibility index (Phi) is 3.43. The highest BCUT2D eigenvalue weighted by Gasteiger charge is 2.01. The molecule has 0 bridgehead atoms. The standard InChI is InChI=1S/C15H18N2/c1-11-7-12(2)9-13(8-11)3-4-14-10-17-6-5-15(14)16/h5-10H,3-4H2,1-2H3,(H2,16,17). The second kappa shape index (κ2) is 5.00. The van der Waals surface area contributed by atoms with Gasteiger partial charge in [0.15, 0.2) is 0 Å². The van der Waals surface area contributed by atoms with Gasteiger partial charge in [-0.1, -0.05) is 29.3 Å². The molecule has 0 saturated carbocycles. The second-order valence-electron chi connectivity index (χ2n) is 4.57. The Morgan fingerprint density at radius 3 is 2.41 bits per heavy atom.